The Labute approximate surface area is 131 Å². The van der Waals surface area contributed by atoms with Crippen molar-refractivity contribution in [1.29, 1.82) is 0 Å². The summed E-state index contributed by atoms with van der Waals surface area (Å²) in [5.41, 5.74) is 1.06. The Balaban J connectivity index is 2.01. The van der Waals surface area contributed by atoms with E-state index in [1.807, 2.05) is 18.2 Å². The van der Waals surface area contributed by atoms with Gasteiger partial charge in [-0.15, -0.1) is 0 Å². The topological polar surface area (TPSA) is 42.5 Å². The summed E-state index contributed by atoms with van der Waals surface area (Å²) in [5.74, 6) is 0. The predicted octanol–water partition coefficient (Wildman–Crippen LogP) is 3.03. The number of hydrogen-bond acceptors (Lipinski definition) is 4. The maximum absolute atomic E-state index is 5.91. The van der Waals surface area contributed by atoms with Gasteiger partial charge >= 0.3 is 9.28 Å². The molecule has 0 saturated heterocycles. The van der Waals surface area contributed by atoms with Crippen LogP contribution in [0.2, 0.25) is 6.04 Å². The normalized spacial score (nSPS) is 11.9. The summed E-state index contributed by atoms with van der Waals surface area (Å²) in [6.07, 6.45) is 1.09. The molecule has 1 rings (SSSR count). The van der Waals surface area contributed by atoms with E-state index in [0.717, 1.165) is 32.1 Å². The van der Waals surface area contributed by atoms with Crippen molar-refractivity contribution in [3.05, 3.63) is 30.3 Å². The minimum atomic E-state index is -1.13. The number of hydrogen-bond donors (Lipinski definition) is 2. The molecule has 0 aliphatic rings. The molecule has 0 fully saturated rings. The standard InChI is InChI=1S/C16H29N2O2Si/c1-16(2,3)20-21(19-4)14-8-11-17-12-13-18-15-9-6-5-7-10-15/h5-7,9-10,17-18H,8,11-14H2,1-4H3. The molecule has 0 aromatic heterocycles. The van der Waals surface area contributed by atoms with Crippen LogP contribution >= 0.6 is 0 Å². The van der Waals surface area contributed by atoms with E-state index < -0.39 is 9.28 Å². The molecule has 0 spiro atoms. The molecule has 1 radical (unpaired) electrons. The zero-order valence-corrected chi connectivity index (χ0v) is 14.7. The van der Waals surface area contributed by atoms with Crippen LogP contribution in [-0.4, -0.2) is 41.6 Å². The first-order valence-corrected chi connectivity index (χ1v) is 9.12. The van der Waals surface area contributed by atoms with Gasteiger partial charge in [-0.1, -0.05) is 18.2 Å². The minimum Gasteiger partial charge on any atom is -0.397 e. The Morgan fingerprint density at radius 2 is 1.76 bits per heavy atom. The van der Waals surface area contributed by atoms with Gasteiger partial charge in [-0.05, 0) is 51.9 Å². The van der Waals surface area contributed by atoms with Crippen LogP contribution in [0.25, 0.3) is 0 Å². The SMILES string of the molecule is CO[Si](CCCNCCNc1ccccc1)OC(C)(C)C. The Kier molecular flexibility index (Phi) is 8.60. The van der Waals surface area contributed by atoms with E-state index in [4.69, 9.17) is 8.85 Å². The fourth-order valence-corrected chi connectivity index (χ4v) is 3.41. The van der Waals surface area contributed by atoms with Gasteiger partial charge in [0.05, 0.1) is 0 Å². The number of benzene rings is 1. The fourth-order valence-electron chi connectivity index (χ4n) is 1.87. The monoisotopic (exact) mass is 309 g/mol. The van der Waals surface area contributed by atoms with Gasteiger partial charge in [0.2, 0.25) is 0 Å². The van der Waals surface area contributed by atoms with Crippen LogP contribution < -0.4 is 10.6 Å². The van der Waals surface area contributed by atoms with Crippen LogP contribution in [0.1, 0.15) is 27.2 Å². The zero-order valence-electron chi connectivity index (χ0n) is 13.7. The second-order valence-electron chi connectivity index (χ2n) is 5.94. The van der Waals surface area contributed by atoms with Crippen molar-refractivity contribution in [1.82, 2.24) is 5.32 Å². The molecule has 5 heteroatoms. The number of anilines is 1. The second kappa shape index (κ2) is 9.95. The summed E-state index contributed by atoms with van der Waals surface area (Å²) in [7, 11) is 0.615. The molecular weight excluding hydrogens is 280 g/mol. The van der Waals surface area contributed by atoms with Crippen molar-refractivity contribution in [2.75, 3.05) is 32.1 Å². The van der Waals surface area contributed by atoms with Crippen molar-refractivity contribution in [2.45, 2.75) is 38.8 Å². The first-order chi connectivity index (χ1) is 10.0. The first kappa shape index (κ1) is 18.2. The molecular formula is C16H29N2O2Si. The molecule has 0 saturated carbocycles. The maximum atomic E-state index is 5.91. The fraction of sp³-hybridized carbons (Fsp3) is 0.625. The van der Waals surface area contributed by atoms with E-state index in [2.05, 4.69) is 43.5 Å². The molecule has 2 N–H and O–H groups in total. The molecule has 0 aliphatic heterocycles. The zero-order chi connectivity index (χ0) is 15.6. The molecule has 21 heavy (non-hydrogen) atoms. The molecule has 0 aliphatic carbocycles. The highest BCUT2D eigenvalue weighted by atomic mass is 28.3. The van der Waals surface area contributed by atoms with Crippen LogP contribution in [0.5, 0.6) is 0 Å². The molecule has 0 unspecified atom stereocenters. The van der Waals surface area contributed by atoms with Crippen molar-refractivity contribution in [2.24, 2.45) is 0 Å². The molecule has 0 atom stereocenters. The lowest BCUT2D eigenvalue weighted by Crippen LogP contribution is -2.33. The lowest BCUT2D eigenvalue weighted by molar-refractivity contribution is 0.0913. The van der Waals surface area contributed by atoms with Crippen LogP contribution in [0.4, 0.5) is 5.69 Å². The largest absolute Gasteiger partial charge is 0.397 e. The maximum Gasteiger partial charge on any atom is 0.384 e. The number of nitrogens with one attached hydrogen (secondary N) is 2. The Hall–Kier alpha value is -0.883. The highest BCUT2D eigenvalue weighted by molar-refractivity contribution is 6.44. The summed E-state index contributed by atoms with van der Waals surface area (Å²) in [6, 6.07) is 11.3. The summed E-state index contributed by atoms with van der Waals surface area (Å²) in [6.45, 7) is 9.12. The van der Waals surface area contributed by atoms with Gasteiger partial charge in [0.15, 0.2) is 0 Å². The van der Waals surface area contributed by atoms with Gasteiger partial charge in [-0.2, -0.15) is 0 Å². The smallest absolute Gasteiger partial charge is 0.384 e. The van der Waals surface area contributed by atoms with Gasteiger partial charge in [-0.3, -0.25) is 0 Å². The summed E-state index contributed by atoms with van der Waals surface area (Å²) >= 11 is 0. The van der Waals surface area contributed by atoms with Crippen molar-refractivity contribution >= 4 is 15.0 Å². The number of rotatable bonds is 10. The van der Waals surface area contributed by atoms with Gasteiger partial charge < -0.3 is 19.5 Å². The summed E-state index contributed by atoms with van der Waals surface area (Å²) in [5, 5.41) is 6.82. The van der Waals surface area contributed by atoms with E-state index in [1.54, 1.807) is 7.11 Å². The van der Waals surface area contributed by atoms with E-state index >= 15 is 0 Å². The molecule has 0 heterocycles. The quantitative estimate of drug-likeness (QED) is 0.515. The lowest BCUT2D eigenvalue weighted by Gasteiger charge is -2.24. The van der Waals surface area contributed by atoms with Gasteiger partial charge in [0.1, 0.15) is 0 Å². The lowest BCUT2D eigenvalue weighted by atomic mass is 10.2. The third-order valence-corrected chi connectivity index (χ3v) is 4.84. The Morgan fingerprint density at radius 3 is 2.38 bits per heavy atom. The number of para-hydroxylation sites is 1. The van der Waals surface area contributed by atoms with Crippen LogP contribution in [0.3, 0.4) is 0 Å². The predicted molar refractivity (Wildman–Crippen MR) is 90.8 cm³/mol. The average molecular weight is 310 g/mol. The summed E-state index contributed by atoms with van der Waals surface area (Å²) in [4.78, 5) is 0. The van der Waals surface area contributed by atoms with Gasteiger partial charge in [0, 0.05) is 31.5 Å². The molecule has 119 valence electrons. The van der Waals surface area contributed by atoms with Crippen molar-refractivity contribution in [3.8, 4) is 0 Å². The van der Waals surface area contributed by atoms with Gasteiger partial charge in [0.25, 0.3) is 0 Å². The van der Waals surface area contributed by atoms with E-state index in [9.17, 15) is 0 Å². The van der Waals surface area contributed by atoms with Crippen molar-refractivity contribution < 1.29 is 8.85 Å². The minimum absolute atomic E-state index is 0.114. The van der Waals surface area contributed by atoms with Crippen LogP contribution in [-0.2, 0) is 8.85 Å². The molecule has 4 nitrogen and oxygen atoms in total. The molecule has 1 aromatic carbocycles. The second-order valence-corrected chi connectivity index (χ2v) is 7.79. The third kappa shape index (κ3) is 9.63. The van der Waals surface area contributed by atoms with E-state index in [1.165, 1.54) is 5.69 Å². The van der Waals surface area contributed by atoms with Crippen LogP contribution in [0.15, 0.2) is 30.3 Å². The van der Waals surface area contributed by atoms with Crippen molar-refractivity contribution in [3.63, 3.8) is 0 Å². The average Bonchev–Trinajstić information content (AvgIpc) is 2.45. The van der Waals surface area contributed by atoms with E-state index in [-0.39, 0.29) is 5.60 Å². The highest BCUT2D eigenvalue weighted by Crippen LogP contribution is 2.12. The first-order valence-electron chi connectivity index (χ1n) is 7.60. The van der Waals surface area contributed by atoms with Gasteiger partial charge in [-0.25, -0.2) is 0 Å². The Morgan fingerprint density at radius 1 is 1.05 bits per heavy atom. The third-order valence-electron chi connectivity index (χ3n) is 2.79. The van der Waals surface area contributed by atoms with E-state index in [0.29, 0.717) is 0 Å². The summed E-state index contributed by atoms with van der Waals surface area (Å²) < 4.78 is 11.4. The molecule has 0 amide bonds. The molecule has 1 aromatic rings. The Bertz CT molecular complexity index is 368. The molecule has 0 bridgehead atoms. The van der Waals surface area contributed by atoms with Crippen LogP contribution in [0, 0.1) is 0 Å². The highest BCUT2D eigenvalue weighted by Gasteiger charge is 2.21.